The van der Waals surface area contributed by atoms with Crippen LogP contribution in [0.3, 0.4) is 0 Å². The number of benzene rings is 1. The van der Waals surface area contributed by atoms with Gasteiger partial charge in [-0.1, -0.05) is 0 Å². The van der Waals surface area contributed by atoms with Crippen molar-refractivity contribution in [3.63, 3.8) is 0 Å². The van der Waals surface area contributed by atoms with Crippen LogP contribution in [-0.2, 0) is 21.2 Å². The van der Waals surface area contributed by atoms with Crippen LogP contribution < -0.4 is 10.5 Å². The molecular formula is C19H16F2N4O3S. The van der Waals surface area contributed by atoms with Crippen LogP contribution in [0.15, 0.2) is 53.7 Å². The maximum atomic E-state index is 13.9. The third kappa shape index (κ3) is 4.72. The van der Waals surface area contributed by atoms with E-state index < -0.39 is 26.6 Å². The molecule has 0 aliphatic rings. The summed E-state index contributed by atoms with van der Waals surface area (Å²) in [6, 6.07) is 6.89. The molecule has 0 saturated heterocycles. The molecule has 0 atom stereocenters. The van der Waals surface area contributed by atoms with Crippen molar-refractivity contribution in [2.75, 3.05) is 10.5 Å². The van der Waals surface area contributed by atoms with Crippen molar-refractivity contribution in [1.82, 2.24) is 9.97 Å². The number of aromatic nitrogens is 2. The highest BCUT2D eigenvalue weighted by Crippen LogP contribution is 2.28. The number of ketones is 1. The molecule has 3 aromatic rings. The molecule has 0 saturated carbocycles. The Morgan fingerprint density at radius 1 is 1.10 bits per heavy atom. The Hall–Kier alpha value is -3.40. The van der Waals surface area contributed by atoms with Gasteiger partial charge in [-0.3, -0.25) is 14.5 Å². The van der Waals surface area contributed by atoms with Crippen molar-refractivity contribution in [3.05, 3.63) is 66.1 Å². The van der Waals surface area contributed by atoms with Gasteiger partial charge in [-0.25, -0.2) is 22.2 Å². The molecule has 0 spiro atoms. The van der Waals surface area contributed by atoms with E-state index in [0.717, 1.165) is 12.1 Å². The van der Waals surface area contributed by atoms with Crippen molar-refractivity contribution < 1.29 is 22.0 Å². The molecule has 1 aromatic carbocycles. The lowest BCUT2D eigenvalue weighted by Gasteiger charge is -2.12. The highest BCUT2D eigenvalue weighted by Gasteiger charge is 2.21. The molecule has 3 N–H and O–H groups in total. The van der Waals surface area contributed by atoms with Gasteiger partial charge in [-0.2, -0.15) is 0 Å². The minimum atomic E-state index is -4.37. The van der Waals surface area contributed by atoms with Crippen LogP contribution in [0.5, 0.6) is 0 Å². The molecule has 150 valence electrons. The number of rotatable bonds is 6. The molecule has 0 aliphatic carbocycles. The number of hydrogen-bond acceptors (Lipinski definition) is 6. The Morgan fingerprint density at radius 3 is 2.55 bits per heavy atom. The van der Waals surface area contributed by atoms with E-state index in [-0.39, 0.29) is 23.7 Å². The first-order valence-corrected chi connectivity index (χ1v) is 9.82. The molecule has 0 unspecified atom stereocenters. The Kier molecular flexibility index (Phi) is 5.55. The molecule has 2 aromatic heterocycles. The standard InChI is InChI=1S/C19H16F2N4O3S/c1-11(26)6-15-7-12(4-5-23-15)13-8-17(19(22)24-10-13)25-29(27,28)18-3-2-14(20)9-16(18)21/h2-5,7-10,25H,6H2,1H3,(H2,22,24). The molecule has 7 nitrogen and oxygen atoms in total. The number of nitrogen functional groups attached to an aromatic ring is 1. The topological polar surface area (TPSA) is 115 Å². The summed E-state index contributed by atoms with van der Waals surface area (Å²) in [6.45, 7) is 1.45. The summed E-state index contributed by atoms with van der Waals surface area (Å²) in [6.07, 6.45) is 3.10. The second-order valence-electron chi connectivity index (χ2n) is 6.25. The SMILES string of the molecule is CC(=O)Cc1cc(-c2cnc(N)c(NS(=O)(=O)c3ccc(F)cc3F)c2)ccn1. The zero-order valence-electron chi connectivity index (χ0n) is 15.2. The van der Waals surface area contributed by atoms with Crippen molar-refractivity contribution in [2.24, 2.45) is 0 Å². The van der Waals surface area contributed by atoms with Gasteiger partial charge in [0.1, 0.15) is 28.1 Å². The van der Waals surface area contributed by atoms with Gasteiger partial charge in [-0.05, 0) is 42.8 Å². The molecular weight excluding hydrogens is 402 g/mol. The van der Waals surface area contributed by atoms with Crippen LogP contribution in [-0.4, -0.2) is 24.2 Å². The molecule has 2 heterocycles. The third-order valence-corrected chi connectivity index (χ3v) is 5.32. The molecule has 0 amide bonds. The van der Waals surface area contributed by atoms with E-state index in [2.05, 4.69) is 14.7 Å². The Balaban J connectivity index is 1.97. The number of hydrogen-bond donors (Lipinski definition) is 2. The fourth-order valence-corrected chi connectivity index (χ4v) is 3.74. The summed E-state index contributed by atoms with van der Waals surface area (Å²) < 4.78 is 54.2. The monoisotopic (exact) mass is 418 g/mol. The van der Waals surface area contributed by atoms with Crippen molar-refractivity contribution in [1.29, 1.82) is 0 Å². The van der Waals surface area contributed by atoms with Gasteiger partial charge < -0.3 is 5.73 Å². The first-order chi connectivity index (χ1) is 13.7. The third-order valence-electron chi connectivity index (χ3n) is 3.93. The van der Waals surface area contributed by atoms with E-state index >= 15 is 0 Å². The zero-order valence-corrected chi connectivity index (χ0v) is 16.0. The molecule has 10 heteroatoms. The minimum absolute atomic E-state index is 0.0557. The van der Waals surface area contributed by atoms with Gasteiger partial charge in [0.05, 0.1) is 5.69 Å². The average molecular weight is 418 g/mol. The number of carbonyl (C=O) groups excluding carboxylic acids is 1. The van der Waals surface area contributed by atoms with Gasteiger partial charge in [0, 0.05) is 36.1 Å². The van der Waals surface area contributed by atoms with Crippen molar-refractivity contribution >= 4 is 27.3 Å². The van der Waals surface area contributed by atoms with Crippen LogP contribution >= 0.6 is 0 Å². The Morgan fingerprint density at radius 2 is 1.86 bits per heavy atom. The molecule has 0 bridgehead atoms. The van der Waals surface area contributed by atoms with Crippen LogP contribution in [0, 0.1) is 11.6 Å². The maximum Gasteiger partial charge on any atom is 0.264 e. The predicted molar refractivity (Wildman–Crippen MR) is 103 cm³/mol. The van der Waals surface area contributed by atoms with Gasteiger partial charge >= 0.3 is 0 Å². The van der Waals surface area contributed by atoms with Crippen LogP contribution in [0.4, 0.5) is 20.3 Å². The van der Waals surface area contributed by atoms with Crippen LogP contribution in [0.1, 0.15) is 12.6 Å². The minimum Gasteiger partial charge on any atom is -0.382 e. The quantitative estimate of drug-likeness (QED) is 0.636. The smallest absolute Gasteiger partial charge is 0.264 e. The largest absolute Gasteiger partial charge is 0.382 e. The number of nitrogens with zero attached hydrogens (tertiary/aromatic N) is 2. The number of halogens is 2. The second-order valence-corrected chi connectivity index (χ2v) is 7.90. The summed E-state index contributed by atoms with van der Waals surface area (Å²) in [5.74, 6) is -2.32. The van der Waals surface area contributed by atoms with E-state index in [9.17, 15) is 22.0 Å². The maximum absolute atomic E-state index is 13.9. The molecule has 0 fully saturated rings. The number of nitrogens with one attached hydrogen (secondary N) is 1. The lowest BCUT2D eigenvalue weighted by molar-refractivity contribution is -0.116. The molecule has 0 radical (unpaired) electrons. The zero-order chi connectivity index (χ0) is 21.2. The number of anilines is 2. The number of nitrogens with two attached hydrogens (primary N) is 1. The predicted octanol–water partition coefficient (Wildman–Crippen LogP) is 2.94. The number of pyridine rings is 2. The number of sulfonamides is 1. The van der Waals surface area contributed by atoms with Crippen LogP contribution in [0.2, 0.25) is 0 Å². The summed E-state index contributed by atoms with van der Waals surface area (Å²) in [5, 5.41) is 0. The van der Waals surface area contributed by atoms with Crippen LogP contribution in [0.25, 0.3) is 11.1 Å². The normalized spacial score (nSPS) is 11.3. The van der Waals surface area contributed by atoms with Crippen molar-refractivity contribution in [3.8, 4) is 11.1 Å². The average Bonchev–Trinajstić information content (AvgIpc) is 2.62. The number of carbonyl (C=O) groups is 1. The van der Waals surface area contributed by atoms with E-state index in [1.165, 1.54) is 25.4 Å². The molecule has 3 rings (SSSR count). The first-order valence-electron chi connectivity index (χ1n) is 8.34. The van der Waals surface area contributed by atoms with Gasteiger partial charge in [0.2, 0.25) is 0 Å². The van der Waals surface area contributed by atoms with E-state index in [4.69, 9.17) is 5.73 Å². The first kappa shape index (κ1) is 20.3. The summed E-state index contributed by atoms with van der Waals surface area (Å²) in [5.41, 5.74) is 7.37. The lowest BCUT2D eigenvalue weighted by Crippen LogP contribution is -2.16. The lowest BCUT2D eigenvalue weighted by atomic mass is 10.1. The second kappa shape index (κ2) is 7.92. The van der Waals surface area contributed by atoms with E-state index in [0.29, 0.717) is 22.9 Å². The van der Waals surface area contributed by atoms with E-state index in [1.807, 2.05) is 0 Å². The van der Waals surface area contributed by atoms with E-state index in [1.54, 1.807) is 12.1 Å². The van der Waals surface area contributed by atoms with Gasteiger partial charge in [0.15, 0.2) is 0 Å². The van der Waals surface area contributed by atoms with Gasteiger partial charge in [0.25, 0.3) is 10.0 Å². The molecule has 29 heavy (non-hydrogen) atoms. The highest BCUT2D eigenvalue weighted by molar-refractivity contribution is 7.92. The Labute approximate surface area is 165 Å². The van der Waals surface area contributed by atoms with Gasteiger partial charge in [-0.15, -0.1) is 0 Å². The summed E-state index contributed by atoms with van der Waals surface area (Å²) >= 11 is 0. The Bertz CT molecular complexity index is 1200. The number of Topliss-reactive ketones (excluding diaryl/α,β-unsaturated/α-hetero) is 1. The summed E-state index contributed by atoms with van der Waals surface area (Å²) in [7, 11) is -4.37. The highest BCUT2D eigenvalue weighted by atomic mass is 32.2. The summed E-state index contributed by atoms with van der Waals surface area (Å²) in [4.78, 5) is 18.7. The van der Waals surface area contributed by atoms with Crippen molar-refractivity contribution in [2.45, 2.75) is 18.2 Å². The molecule has 0 aliphatic heterocycles. The fourth-order valence-electron chi connectivity index (χ4n) is 2.62. The fraction of sp³-hybridized carbons (Fsp3) is 0.105.